The lowest BCUT2D eigenvalue weighted by Crippen LogP contribution is -2.41. The first-order valence-electron chi connectivity index (χ1n) is 5.17. The first-order chi connectivity index (χ1) is 7.70. The van der Waals surface area contributed by atoms with Crippen molar-refractivity contribution in [2.45, 2.75) is 39.8 Å². The van der Waals surface area contributed by atoms with Gasteiger partial charge >= 0.3 is 16.3 Å². The van der Waals surface area contributed by atoms with Crippen molar-refractivity contribution in [3.63, 3.8) is 0 Å². The maximum Gasteiger partial charge on any atom is 0.389 e. The minimum Gasteiger partial charge on any atom is -0.385 e. The summed E-state index contributed by atoms with van der Waals surface area (Å²) >= 11 is 0. The first-order valence-corrected chi connectivity index (χ1v) is 6.53. The van der Waals surface area contributed by atoms with Crippen molar-refractivity contribution < 1.29 is 27.2 Å². The standard InChI is InChI=1S/C9H19NO6S/c1-7(2)10(6-15-8(3)4)17(13,14)16-9(12)5-11/h7-8,11H,5-6H2,1-4H3. The van der Waals surface area contributed by atoms with Gasteiger partial charge in [0.05, 0.1) is 6.10 Å². The van der Waals surface area contributed by atoms with E-state index in [4.69, 9.17) is 9.84 Å². The zero-order chi connectivity index (χ0) is 13.6. The lowest BCUT2D eigenvalue weighted by molar-refractivity contribution is -0.137. The quantitative estimate of drug-likeness (QED) is 0.647. The Balaban J connectivity index is 4.74. The van der Waals surface area contributed by atoms with Crippen LogP contribution < -0.4 is 0 Å². The van der Waals surface area contributed by atoms with E-state index in [1.165, 1.54) is 0 Å². The molecule has 0 aliphatic rings. The summed E-state index contributed by atoms with van der Waals surface area (Å²) in [5.41, 5.74) is 0. The maximum atomic E-state index is 11.6. The molecule has 102 valence electrons. The fraction of sp³-hybridized carbons (Fsp3) is 0.889. The van der Waals surface area contributed by atoms with Crippen LogP contribution in [0.15, 0.2) is 0 Å². The molecule has 0 rings (SSSR count). The molecule has 0 fully saturated rings. The average molecular weight is 269 g/mol. The van der Waals surface area contributed by atoms with Gasteiger partial charge in [0.2, 0.25) is 0 Å². The van der Waals surface area contributed by atoms with E-state index < -0.39 is 28.9 Å². The number of rotatable bonds is 7. The summed E-state index contributed by atoms with van der Waals surface area (Å²) < 4.78 is 33.5. The van der Waals surface area contributed by atoms with E-state index in [1.807, 2.05) is 0 Å². The number of hydrogen-bond donors (Lipinski definition) is 1. The van der Waals surface area contributed by atoms with E-state index in [1.54, 1.807) is 27.7 Å². The van der Waals surface area contributed by atoms with E-state index in [0.717, 1.165) is 4.31 Å². The third kappa shape index (κ3) is 5.97. The fourth-order valence-corrected chi connectivity index (χ4v) is 1.98. The number of carbonyl (C=O) groups excluding carboxylic acids is 1. The smallest absolute Gasteiger partial charge is 0.385 e. The largest absolute Gasteiger partial charge is 0.389 e. The van der Waals surface area contributed by atoms with Crippen LogP contribution in [0.3, 0.4) is 0 Å². The van der Waals surface area contributed by atoms with Gasteiger partial charge in [-0.2, -0.15) is 8.42 Å². The van der Waals surface area contributed by atoms with Crippen LogP contribution in [0.1, 0.15) is 27.7 Å². The highest BCUT2D eigenvalue weighted by atomic mass is 32.2. The molecule has 0 heterocycles. The molecule has 0 aliphatic carbocycles. The van der Waals surface area contributed by atoms with Gasteiger partial charge in [0, 0.05) is 6.04 Å². The maximum absolute atomic E-state index is 11.6. The molecule has 0 saturated heterocycles. The summed E-state index contributed by atoms with van der Waals surface area (Å²) in [6.45, 7) is 5.55. The molecular weight excluding hydrogens is 250 g/mol. The molecule has 17 heavy (non-hydrogen) atoms. The van der Waals surface area contributed by atoms with E-state index in [9.17, 15) is 13.2 Å². The molecular formula is C9H19NO6S. The monoisotopic (exact) mass is 269 g/mol. The molecule has 0 amide bonds. The van der Waals surface area contributed by atoms with Crippen LogP contribution in [0, 0.1) is 0 Å². The van der Waals surface area contributed by atoms with Gasteiger partial charge in [0.1, 0.15) is 13.3 Å². The molecule has 0 radical (unpaired) electrons. The Morgan fingerprint density at radius 2 is 1.82 bits per heavy atom. The highest BCUT2D eigenvalue weighted by molar-refractivity contribution is 7.84. The number of nitrogens with zero attached hydrogens (tertiary/aromatic N) is 1. The van der Waals surface area contributed by atoms with Crippen molar-refractivity contribution in [3.05, 3.63) is 0 Å². The van der Waals surface area contributed by atoms with Crippen LogP contribution >= 0.6 is 0 Å². The predicted molar refractivity (Wildman–Crippen MR) is 60.2 cm³/mol. The van der Waals surface area contributed by atoms with Crippen molar-refractivity contribution in [1.82, 2.24) is 4.31 Å². The second-order valence-corrected chi connectivity index (χ2v) is 5.39. The lowest BCUT2D eigenvalue weighted by atomic mass is 10.4. The van der Waals surface area contributed by atoms with Gasteiger partial charge in [-0.1, -0.05) is 0 Å². The zero-order valence-electron chi connectivity index (χ0n) is 10.4. The summed E-state index contributed by atoms with van der Waals surface area (Å²) in [7, 11) is -4.23. The Kier molecular flexibility index (Phi) is 6.61. The molecule has 0 aliphatic heterocycles. The second-order valence-electron chi connectivity index (χ2n) is 3.90. The Labute approximate surface area is 102 Å². The van der Waals surface area contributed by atoms with Gasteiger partial charge < -0.3 is 14.0 Å². The number of carbonyl (C=O) groups is 1. The van der Waals surface area contributed by atoms with Crippen LogP contribution in [-0.2, 0) is 24.0 Å². The third-order valence-electron chi connectivity index (χ3n) is 1.73. The summed E-state index contributed by atoms with van der Waals surface area (Å²) in [6.07, 6.45) is -0.153. The molecule has 0 aromatic rings. The van der Waals surface area contributed by atoms with Gasteiger partial charge in [0.25, 0.3) is 0 Å². The van der Waals surface area contributed by atoms with Crippen molar-refractivity contribution >= 4 is 16.3 Å². The molecule has 0 spiro atoms. The number of hydrogen-bond acceptors (Lipinski definition) is 6. The molecule has 8 heteroatoms. The highest BCUT2D eigenvalue weighted by Crippen LogP contribution is 2.10. The average Bonchev–Trinajstić information content (AvgIpc) is 2.15. The number of ether oxygens (including phenoxy) is 1. The molecule has 0 atom stereocenters. The SMILES string of the molecule is CC(C)OCN(C(C)C)S(=O)(=O)OC(=O)CO. The Bertz CT molecular complexity index is 337. The van der Waals surface area contributed by atoms with Crippen LogP contribution in [0.2, 0.25) is 0 Å². The highest BCUT2D eigenvalue weighted by Gasteiger charge is 2.29. The van der Waals surface area contributed by atoms with E-state index >= 15 is 0 Å². The van der Waals surface area contributed by atoms with Crippen LogP contribution in [0.5, 0.6) is 0 Å². The van der Waals surface area contributed by atoms with Crippen LogP contribution in [-0.4, -0.2) is 49.3 Å². The molecule has 7 nitrogen and oxygen atoms in total. The fourth-order valence-electron chi connectivity index (χ4n) is 0.886. The molecule has 0 aromatic heterocycles. The van der Waals surface area contributed by atoms with Gasteiger partial charge in [-0.3, -0.25) is 0 Å². The van der Waals surface area contributed by atoms with Gasteiger partial charge in [-0.05, 0) is 27.7 Å². The molecule has 0 aromatic carbocycles. The van der Waals surface area contributed by atoms with Gasteiger partial charge in [0.15, 0.2) is 0 Å². The van der Waals surface area contributed by atoms with Gasteiger partial charge in [-0.15, -0.1) is 4.31 Å². The summed E-state index contributed by atoms with van der Waals surface area (Å²) in [5, 5.41) is 8.45. The van der Waals surface area contributed by atoms with Crippen LogP contribution in [0.4, 0.5) is 0 Å². The third-order valence-corrected chi connectivity index (χ3v) is 3.22. The molecule has 0 unspecified atom stereocenters. The zero-order valence-corrected chi connectivity index (χ0v) is 11.2. The normalized spacial score (nSPS) is 12.5. The van der Waals surface area contributed by atoms with E-state index in [2.05, 4.69) is 4.18 Å². The number of aliphatic hydroxyl groups is 1. The van der Waals surface area contributed by atoms with Crippen molar-refractivity contribution in [2.24, 2.45) is 0 Å². The van der Waals surface area contributed by atoms with Gasteiger partial charge in [-0.25, -0.2) is 4.79 Å². The lowest BCUT2D eigenvalue weighted by Gasteiger charge is -2.24. The van der Waals surface area contributed by atoms with Crippen LogP contribution in [0.25, 0.3) is 0 Å². The topological polar surface area (TPSA) is 93.1 Å². The Morgan fingerprint density at radius 1 is 1.29 bits per heavy atom. The first kappa shape index (κ1) is 16.3. The minimum atomic E-state index is -4.23. The Morgan fingerprint density at radius 3 is 2.18 bits per heavy atom. The number of aliphatic hydroxyl groups excluding tert-OH is 1. The van der Waals surface area contributed by atoms with Crippen molar-refractivity contribution in [1.29, 1.82) is 0 Å². The van der Waals surface area contributed by atoms with Crippen molar-refractivity contribution in [2.75, 3.05) is 13.3 Å². The Hall–Kier alpha value is -0.700. The van der Waals surface area contributed by atoms with Crippen molar-refractivity contribution in [3.8, 4) is 0 Å². The summed E-state index contributed by atoms with van der Waals surface area (Å²) in [4.78, 5) is 10.8. The molecule has 0 saturated carbocycles. The van der Waals surface area contributed by atoms with E-state index in [-0.39, 0.29) is 12.8 Å². The molecule has 1 N–H and O–H groups in total. The van der Waals surface area contributed by atoms with E-state index in [0.29, 0.717) is 0 Å². The second kappa shape index (κ2) is 6.90. The predicted octanol–water partition coefficient (Wildman–Crippen LogP) is -0.140. The summed E-state index contributed by atoms with van der Waals surface area (Å²) in [5.74, 6) is -1.22. The minimum absolute atomic E-state index is 0.153. The molecule has 0 bridgehead atoms. The summed E-state index contributed by atoms with van der Waals surface area (Å²) in [6, 6.07) is -0.426.